The molecule has 0 bridgehead atoms. The van der Waals surface area contributed by atoms with E-state index in [2.05, 4.69) is 9.97 Å². The number of rotatable bonds is 1. The van der Waals surface area contributed by atoms with Gasteiger partial charge in [0.15, 0.2) is 5.82 Å². The quantitative estimate of drug-likeness (QED) is 0.872. The second-order valence-electron chi connectivity index (χ2n) is 4.79. The third-order valence-corrected chi connectivity index (χ3v) is 3.44. The maximum atomic E-state index is 12.5. The Hall–Kier alpha value is -2.11. The number of anilines is 1. The smallest absolute Gasteiger partial charge is 0.383 e. The van der Waals surface area contributed by atoms with E-state index in [1.807, 2.05) is 0 Å². The Morgan fingerprint density at radius 1 is 1.00 bits per heavy atom. The van der Waals surface area contributed by atoms with Gasteiger partial charge in [0.25, 0.3) is 0 Å². The fourth-order valence-electron chi connectivity index (χ4n) is 2.40. The van der Waals surface area contributed by atoms with Crippen molar-refractivity contribution in [1.82, 2.24) is 9.97 Å². The van der Waals surface area contributed by atoms with E-state index in [0.29, 0.717) is 17.2 Å². The average molecular weight is 279 g/mol. The second kappa shape index (κ2) is 4.47. The van der Waals surface area contributed by atoms with Crippen LogP contribution in [0.4, 0.5) is 19.0 Å². The molecule has 0 saturated carbocycles. The predicted molar refractivity (Wildman–Crippen MR) is 68.9 cm³/mol. The number of fused-ring (bicyclic) bond motifs is 1. The molecule has 3 rings (SSSR count). The van der Waals surface area contributed by atoms with Crippen molar-refractivity contribution in [3.63, 3.8) is 0 Å². The summed E-state index contributed by atoms with van der Waals surface area (Å²) >= 11 is 0. The van der Waals surface area contributed by atoms with Crippen LogP contribution in [0, 0.1) is 0 Å². The zero-order chi connectivity index (χ0) is 14.3. The van der Waals surface area contributed by atoms with Crippen LogP contribution >= 0.6 is 0 Å². The lowest BCUT2D eigenvalue weighted by molar-refractivity contribution is -0.137. The Kier molecular flexibility index (Phi) is 2.88. The molecule has 0 amide bonds. The van der Waals surface area contributed by atoms with Crippen molar-refractivity contribution in [3.8, 4) is 11.4 Å². The van der Waals surface area contributed by atoms with E-state index in [4.69, 9.17) is 5.73 Å². The van der Waals surface area contributed by atoms with Crippen LogP contribution in [-0.4, -0.2) is 9.97 Å². The number of hydrogen-bond acceptors (Lipinski definition) is 3. The van der Waals surface area contributed by atoms with E-state index in [1.54, 1.807) is 0 Å². The van der Waals surface area contributed by atoms with Crippen LogP contribution in [0.1, 0.15) is 23.2 Å². The summed E-state index contributed by atoms with van der Waals surface area (Å²) < 4.78 is 37.5. The van der Waals surface area contributed by atoms with Gasteiger partial charge < -0.3 is 5.73 Å². The minimum Gasteiger partial charge on any atom is -0.383 e. The topological polar surface area (TPSA) is 51.8 Å². The van der Waals surface area contributed by atoms with Gasteiger partial charge in [-0.15, -0.1) is 0 Å². The summed E-state index contributed by atoms with van der Waals surface area (Å²) in [6.07, 6.45) is -1.63. The molecule has 2 N–H and O–H groups in total. The highest BCUT2D eigenvalue weighted by Gasteiger charge is 2.30. The molecule has 0 spiro atoms. The van der Waals surface area contributed by atoms with Gasteiger partial charge in [-0.2, -0.15) is 13.2 Å². The molecule has 1 aliphatic carbocycles. The molecule has 2 aromatic rings. The first-order chi connectivity index (χ1) is 9.45. The van der Waals surface area contributed by atoms with Crippen molar-refractivity contribution in [3.05, 3.63) is 41.1 Å². The molecule has 20 heavy (non-hydrogen) atoms. The van der Waals surface area contributed by atoms with E-state index >= 15 is 0 Å². The third kappa shape index (κ3) is 2.21. The molecule has 0 fully saturated rings. The molecule has 1 aromatic carbocycles. The van der Waals surface area contributed by atoms with Crippen molar-refractivity contribution in [2.24, 2.45) is 0 Å². The summed E-state index contributed by atoms with van der Waals surface area (Å²) in [6.45, 7) is 0. The van der Waals surface area contributed by atoms with E-state index in [0.717, 1.165) is 42.7 Å². The monoisotopic (exact) mass is 279 g/mol. The number of nitrogens with two attached hydrogens (primary N) is 1. The van der Waals surface area contributed by atoms with Crippen LogP contribution in [0.15, 0.2) is 24.3 Å². The molecule has 0 saturated heterocycles. The van der Waals surface area contributed by atoms with Crippen molar-refractivity contribution in [2.75, 3.05) is 5.73 Å². The van der Waals surface area contributed by atoms with Gasteiger partial charge in [-0.1, -0.05) is 12.1 Å². The summed E-state index contributed by atoms with van der Waals surface area (Å²) in [4.78, 5) is 8.60. The van der Waals surface area contributed by atoms with Crippen molar-refractivity contribution < 1.29 is 13.2 Å². The Labute approximate surface area is 113 Å². The molecular formula is C14H12F3N3. The fraction of sp³-hybridized carbons (Fsp3) is 0.286. The molecular weight excluding hydrogens is 267 g/mol. The van der Waals surface area contributed by atoms with Crippen LogP contribution < -0.4 is 5.73 Å². The number of benzene rings is 1. The maximum absolute atomic E-state index is 12.5. The van der Waals surface area contributed by atoms with Gasteiger partial charge in [0.05, 0.1) is 5.56 Å². The van der Waals surface area contributed by atoms with Gasteiger partial charge in [0, 0.05) is 16.8 Å². The first kappa shape index (κ1) is 12.9. The summed E-state index contributed by atoms with van der Waals surface area (Å²) in [5, 5.41) is 0. The van der Waals surface area contributed by atoms with Crippen LogP contribution in [0.2, 0.25) is 0 Å². The standard InChI is InChI=1S/C14H12F3N3/c15-14(16,17)9-6-4-8(5-7-9)13-19-11-3-1-2-10(11)12(18)20-13/h4-7H,1-3H2,(H2,18,19,20). The zero-order valence-corrected chi connectivity index (χ0v) is 10.5. The Bertz CT molecular complexity index is 648. The number of hydrogen-bond donors (Lipinski definition) is 1. The summed E-state index contributed by atoms with van der Waals surface area (Å²) in [5.74, 6) is 0.819. The highest BCUT2D eigenvalue weighted by Crippen LogP contribution is 2.31. The van der Waals surface area contributed by atoms with Gasteiger partial charge in [0.1, 0.15) is 5.82 Å². The van der Waals surface area contributed by atoms with Crippen LogP contribution in [0.25, 0.3) is 11.4 Å². The van der Waals surface area contributed by atoms with Crippen LogP contribution in [0.5, 0.6) is 0 Å². The van der Waals surface area contributed by atoms with E-state index in [-0.39, 0.29) is 0 Å². The number of aryl methyl sites for hydroxylation is 1. The van der Waals surface area contributed by atoms with E-state index in [1.165, 1.54) is 12.1 Å². The van der Waals surface area contributed by atoms with Gasteiger partial charge in [-0.05, 0) is 31.4 Å². The van der Waals surface area contributed by atoms with Crippen molar-refractivity contribution in [2.45, 2.75) is 25.4 Å². The van der Waals surface area contributed by atoms with Crippen molar-refractivity contribution >= 4 is 5.82 Å². The minimum absolute atomic E-state index is 0.386. The van der Waals surface area contributed by atoms with Crippen molar-refractivity contribution in [1.29, 1.82) is 0 Å². The Morgan fingerprint density at radius 2 is 1.70 bits per heavy atom. The molecule has 1 aliphatic rings. The third-order valence-electron chi connectivity index (χ3n) is 3.44. The Balaban J connectivity index is 2.00. The first-order valence-corrected chi connectivity index (χ1v) is 6.28. The molecule has 1 aromatic heterocycles. The van der Waals surface area contributed by atoms with Gasteiger partial charge >= 0.3 is 6.18 Å². The Morgan fingerprint density at radius 3 is 2.35 bits per heavy atom. The summed E-state index contributed by atoms with van der Waals surface area (Å²) in [5.41, 5.74) is 7.62. The maximum Gasteiger partial charge on any atom is 0.416 e. The number of nitrogen functional groups attached to an aromatic ring is 1. The molecule has 3 nitrogen and oxygen atoms in total. The molecule has 1 heterocycles. The summed E-state index contributed by atoms with van der Waals surface area (Å²) in [7, 11) is 0. The first-order valence-electron chi connectivity index (χ1n) is 6.28. The average Bonchev–Trinajstić information content (AvgIpc) is 2.86. The van der Waals surface area contributed by atoms with E-state index in [9.17, 15) is 13.2 Å². The van der Waals surface area contributed by atoms with E-state index < -0.39 is 11.7 Å². The highest BCUT2D eigenvalue weighted by molar-refractivity contribution is 5.60. The number of aromatic nitrogens is 2. The molecule has 6 heteroatoms. The lowest BCUT2D eigenvalue weighted by Crippen LogP contribution is -2.05. The number of alkyl halides is 3. The number of nitrogens with zero attached hydrogens (tertiary/aromatic N) is 2. The van der Waals surface area contributed by atoms with Gasteiger partial charge in [-0.25, -0.2) is 9.97 Å². The fourth-order valence-corrected chi connectivity index (χ4v) is 2.40. The number of halogens is 3. The van der Waals surface area contributed by atoms with Crippen LogP contribution in [-0.2, 0) is 19.0 Å². The summed E-state index contributed by atoms with van der Waals surface area (Å²) in [6, 6.07) is 4.81. The van der Waals surface area contributed by atoms with Gasteiger partial charge in [-0.3, -0.25) is 0 Å². The molecule has 0 radical (unpaired) electrons. The van der Waals surface area contributed by atoms with Gasteiger partial charge in [0.2, 0.25) is 0 Å². The lowest BCUT2D eigenvalue weighted by atomic mass is 10.1. The highest BCUT2D eigenvalue weighted by atomic mass is 19.4. The SMILES string of the molecule is Nc1nc(-c2ccc(C(F)(F)F)cc2)nc2c1CCC2. The predicted octanol–water partition coefficient (Wildman–Crippen LogP) is 3.23. The molecule has 0 atom stereocenters. The normalized spacial score (nSPS) is 14.3. The van der Waals surface area contributed by atoms with Crippen LogP contribution in [0.3, 0.4) is 0 Å². The lowest BCUT2D eigenvalue weighted by Gasteiger charge is -2.09. The largest absolute Gasteiger partial charge is 0.416 e. The second-order valence-corrected chi connectivity index (χ2v) is 4.79. The minimum atomic E-state index is -4.34. The molecule has 0 unspecified atom stereocenters. The molecule has 0 aliphatic heterocycles. The molecule has 104 valence electrons. The zero-order valence-electron chi connectivity index (χ0n) is 10.5.